The highest BCUT2D eigenvalue weighted by Gasteiger charge is 2.29. The number of nitrogens with one attached hydrogen (secondary N) is 1. The Labute approximate surface area is 259 Å². The molecule has 7 nitrogen and oxygen atoms in total. The Morgan fingerprint density at radius 1 is 1.16 bits per heavy atom. The maximum atomic E-state index is 9.84. The molecule has 0 aromatic heterocycles. The molecule has 0 saturated carbocycles. The highest BCUT2D eigenvalue weighted by atomic mass is 16.7. The van der Waals surface area contributed by atoms with E-state index in [1.54, 1.807) is 11.3 Å². The predicted molar refractivity (Wildman–Crippen MR) is 178 cm³/mol. The summed E-state index contributed by atoms with van der Waals surface area (Å²) in [5.41, 5.74) is 6.37. The van der Waals surface area contributed by atoms with Gasteiger partial charge in [0.15, 0.2) is 0 Å². The van der Waals surface area contributed by atoms with E-state index in [0.29, 0.717) is 30.3 Å². The zero-order valence-electron chi connectivity index (χ0n) is 26.8. The van der Waals surface area contributed by atoms with Gasteiger partial charge in [-0.1, -0.05) is 56.0 Å². The van der Waals surface area contributed by atoms with Crippen molar-refractivity contribution in [1.29, 1.82) is 5.26 Å². The Kier molecular flexibility index (Phi) is 13.5. The van der Waals surface area contributed by atoms with Gasteiger partial charge < -0.3 is 15.0 Å². The van der Waals surface area contributed by atoms with Gasteiger partial charge >= 0.3 is 0 Å². The van der Waals surface area contributed by atoms with E-state index in [9.17, 15) is 5.26 Å². The van der Waals surface area contributed by atoms with Crippen molar-refractivity contribution in [3.63, 3.8) is 0 Å². The van der Waals surface area contributed by atoms with Gasteiger partial charge in [0.1, 0.15) is 17.7 Å². The van der Waals surface area contributed by atoms with Crippen LogP contribution in [0.15, 0.2) is 83.7 Å². The fourth-order valence-corrected chi connectivity index (χ4v) is 5.27. The van der Waals surface area contributed by atoms with E-state index in [0.717, 1.165) is 73.3 Å². The third-order valence-corrected chi connectivity index (χ3v) is 7.58. The lowest BCUT2D eigenvalue weighted by Gasteiger charge is -2.26. The van der Waals surface area contributed by atoms with E-state index in [1.165, 1.54) is 12.0 Å². The number of hydrogen-bond acceptors (Lipinski definition) is 6. The lowest BCUT2D eigenvalue weighted by Crippen LogP contribution is -2.21. The summed E-state index contributed by atoms with van der Waals surface area (Å²) in [5.74, 6) is 1.60. The number of nitriles is 1. The summed E-state index contributed by atoms with van der Waals surface area (Å²) < 4.78 is 6.18. The van der Waals surface area contributed by atoms with Gasteiger partial charge in [0, 0.05) is 24.9 Å². The van der Waals surface area contributed by atoms with Crippen LogP contribution in [0.1, 0.15) is 75.1 Å². The molecule has 1 aliphatic rings. The molecule has 3 rings (SSSR count). The summed E-state index contributed by atoms with van der Waals surface area (Å²) in [6.45, 7) is 20.1. The van der Waals surface area contributed by atoms with Gasteiger partial charge in [0.2, 0.25) is 0 Å². The number of rotatable bonds is 16. The van der Waals surface area contributed by atoms with Gasteiger partial charge in [-0.15, -0.1) is 0 Å². The van der Waals surface area contributed by atoms with Crippen LogP contribution in [-0.4, -0.2) is 49.1 Å². The van der Waals surface area contributed by atoms with Crippen molar-refractivity contribution in [3.8, 4) is 11.8 Å². The number of ether oxygens (including phenoxy) is 1. The summed E-state index contributed by atoms with van der Waals surface area (Å²) >= 11 is 0. The molecule has 0 bridgehead atoms. The molecule has 230 valence electrons. The van der Waals surface area contributed by atoms with Gasteiger partial charge in [-0.25, -0.2) is 10.1 Å². The average Bonchev–Trinajstić information content (AvgIpc) is 3.48. The van der Waals surface area contributed by atoms with Crippen molar-refractivity contribution < 1.29 is 9.57 Å². The molecule has 2 aromatic carbocycles. The van der Waals surface area contributed by atoms with Gasteiger partial charge in [-0.3, -0.25) is 4.84 Å². The van der Waals surface area contributed by atoms with Crippen LogP contribution < -0.4 is 10.1 Å². The highest BCUT2D eigenvalue weighted by molar-refractivity contribution is 5.94. The first-order chi connectivity index (χ1) is 20.7. The number of anilines is 1. The first-order valence-corrected chi connectivity index (χ1v) is 15.4. The standard InChI is InChI=1S/C36H49N5O2/c1-8-19-40(7)20-17-27(2)14-12-13-21-42-36-28(3)23-34(24-29(36)4)39-31(6)38-26-33(25-37)30(5)41-35(18-22-43-41)32-15-10-9-11-16-32/h9-11,15-16,23-24,26,35H,2,5,8,12-14,17-22H2,1,3-4,6-7H3,(H,38,39)/b33-26-/t35-/m0/s1. The van der Waals surface area contributed by atoms with Crippen molar-refractivity contribution in [2.24, 2.45) is 4.99 Å². The maximum Gasteiger partial charge on any atom is 0.125 e. The minimum Gasteiger partial charge on any atom is -0.493 e. The minimum absolute atomic E-state index is 0.0161. The first kappa shape index (κ1) is 33.6. The number of hydrogen-bond donors (Lipinski definition) is 1. The van der Waals surface area contributed by atoms with E-state index in [4.69, 9.17) is 9.57 Å². The molecule has 1 heterocycles. The van der Waals surface area contributed by atoms with Crippen LogP contribution in [0.2, 0.25) is 0 Å². The lowest BCUT2D eigenvalue weighted by molar-refractivity contribution is -0.0984. The first-order valence-electron chi connectivity index (χ1n) is 15.4. The summed E-state index contributed by atoms with van der Waals surface area (Å²) in [6.07, 6.45) is 7.77. The Bertz CT molecular complexity index is 1300. The number of aliphatic imine (C=N–C) groups is 1. The number of unbranched alkanes of at least 4 members (excludes halogenated alkanes) is 1. The van der Waals surface area contributed by atoms with Crippen LogP contribution in [0.25, 0.3) is 0 Å². The summed E-state index contributed by atoms with van der Waals surface area (Å²) in [7, 11) is 2.18. The van der Waals surface area contributed by atoms with E-state index in [-0.39, 0.29) is 6.04 Å². The Hall–Kier alpha value is -3.86. The second-order valence-corrected chi connectivity index (χ2v) is 11.4. The smallest absolute Gasteiger partial charge is 0.125 e. The van der Waals surface area contributed by atoms with Crippen molar-refractivity contribution in [1.82, 2.24) is 9.96 Å². The molecule has 2 aromatic rings. The van der Waals surface area contributed by atoms with Gasteiger partial charge in [-0.05, 0) is 95.3 Å². The van der Waals surface area contributed by atoms with Gasteiger partial charge in [0.05, 0.1) is 30.5 Å². The molecule has 0 amide bonds. The molecule has 0 spiro atoms. The number of benzene rings is 2. The molecule has 0 aliphatic carbocycles. The second kappa shape index (κ2) is 17.3. The van der Waals surface area contributed by atoms with Crippen LogP contribution in [0.4, 0.5) is 5.69 Å². The third kappa shape index (κ3) is 10.4. The maximum absolute atomic E-state index is 9.84. The Balaban J connectivity index is 1.52. The number of hydroxylamine groups is 2. The molecule has 0 radical (unpaired) electrons. The molecule has 7 heteroatoms. The fraction of sp³-hybridized carbons (Fsp3) is 0.444. The van der Waals surface area contributed by atoms with Gasteiger partial charge in [-0.2, -0.15) is 5.26 Å². The molecule has 43 heavy (non-hydrogen) atoms. The number of nitrogens with zero attached hydrogens (tertiary/aromatic N) is 4. The van der Waals surface area contributed by atoms with Crippen molar-refractivity contribution in [2.75, 3.05) is 38.7 Å². The number of aryl methyl sites for hydroxylation is 2. The van der Waals surface area contributed by atoms with E-state index >= 15 is 0 Å². The molecule has 1 fully saturated rings. The SMILES string of the molecule is C=C(CCCCOc1c(C)cc(NC(C)=N/C=C(/C#N)C(=C)N2OCC[C@H]2c2ccccc2)cc1C)CCN(C)CCC. The van der Waals surface area contributed by atoms with Crippen LogP contribution in [0.3, 0.4) is 0 Å². The molecule has 1 atom stereocenters. The highest BCUT2D eigenvalue weighted by Crippen LogP contribution is 2.35. The zero-order valence-corrected chi connectivity index (χ0v) is 26.8. The van der Waals surface area contributed by atoms with Crippen molar-refractivity contribution in [2.45, 2.75) is 72.3 Å². The zero-order chi connectivity index (χ0) is 31.2. The topological polar surface area (TPSA) is 73.1 Å². The lowest BCUT2D eigenvalue weighted by atomic mass is 10.0. The molecular formula is C36H49N5O2. The predicted octanol–water partition coefficient (Wildman–Crippen LogP) is 8.27. The van der Waals surface area contributed by atoms with Crippen LogP contribution >= 0.6 is 0 Å². The van der Waals surface area contributed by atoms with Crippen molar-refractivity contribution in [3.05, 3.63) is 95.4 Å². The quantitative estimate of drug-likeness (QED) is 0.0535. The fourth-order valence-electron chi connectivity index (χ4n) is 5.27. The van der Waals surface area contributed by atoms with Gasteiger partial charge in [0.25, 0.3) is 0 Å². The van der Waals surface area contributed by atoms with Crippen LogP contribution in [0, 0.1) is 25.2 Å². The summed E-state index contributed by atoms with van der Waals surface area (Å²) in [6, 6.07) is 16.5. The number of allylic oxidation sites excluding steroid dienone is 1. The van der Waals surface area contributed by atoms with E-state index in [2.05, 4.69) is 86.5 Å². The summed E-state index contributed by atoms with van der Waals surface area (Å²) in [4.78, 5) is 12.7. The molecule has 0 unspecified atom stereocenters. The second-order valence-electron chi connectivity index (χ2n) is 11.4. The summed E-state index contributed by atoms with van der Waals surface area (Å²) in [5, 5.41) is 14.9. The Morgan fingerprint density at radius 3 is 2.56 bits per heavy atom. The third-order valence-electron chi connectivity index (χ3n) is 7.58. The van der Waals surface area contributed by atoms with Crippen LogP contribution in [0.5, 0.6) is 5.75 Å². The molecule has 1 saturated heterocycles. The average molecular weight is 584 g/mol. The Morgan fingerprint density at radius 2 is 1.88 bits per heavy atom. The molecular weight excluding hydrogens is 534 g/mol. The van der Waals surface area contributed by atoms with Crippen LogP contribution in [-0.2, 0) is 4.84 Å². The molecule has 1 aliphatic heterocycles. The van der Waals surface area contributed by atoms with E-state index < -0.39 is 0 Å². The molecule has 1 N–H and O–H groups in total. The number of amidine groups is 1. The minimum atomic E-state index is 0.0161. The largest absolute Gasteiger partial charge is 0.493 e. The normalized spacial score (nSPS) is 15.5. The monoisotopic (exact) mass is 583 g/mol. The van der Waals surface area contributed by atoms with E-state index in [1.807, 2.05) is 25.1 Å². The van der Waals surface area contributed by atoms with Crippen molar-refractivity contribution >= 4 is 11.5 Å².